The second-order valence-electron chi connectivity index (χ2n) is 13.2. The lowest BCUT2D eigenvalue weighted by atomic mass is 9.77. The van der Waals surface area contributed by atoms with Crippen molar-refractivity contribution in [3.05, 3.63) is 82.4 Å². The summed E-state index contributed by atoms with van der Waals surface area (Å²) in [5, 5.41) is 0. The molecule has 4 aliphatic rings. The van der Waals surface area contributed by atoms with Crippen LogP contribution in [0.15, 0.2) is 54.6 Å². The minimum atomic E-state index is -1.07. The molecule has 0 unspecified atom stereocenters. The molecular formula is C38H46ClN3O5. The van der Waals surface area contributed by atoms with E-state index in [1.54, 1.807) is 0 Å². The third-order valence-corrected chi connectivity index (χ3v) is 10.2. The molecule has 8 nitrogen and oxygen atoms in total. The fraction of sp³-hybridized carbons (Fsp3) is 0.500. The summed E-state index contributed by atoms with van der Waals surface area (Å²) in [5.41, 5.74) is 5.55. The van der Waals surface area contributed by atoms with Crippen LogP contribution in [0.3, 0.4) is 0 Å². The fourth-order valence-corrected chi connectivity index (χ4v) is 7.16. The van der Waals surface area contributed by atoms with E-state index in [1.807, 2.05) is 12.1 Å². The molecule has 4 heterocycles. The maximum Gasteiger partial charge on any atom is 0.340 e. The van der Waals surface area contributed by atoms with Gasteiger partial charge in [-0.05, 0) is 74.7 Å². The highest BCUT2D eigenvalue weighted by Gasteiger charge is 2.54. The smallest absolute Gasteiger partial charge is 0.340 e. The number of unbranched alkanes of at least 4 members (excludes halogenated alkanes) is 3. The Kier molecular flexibility index (Phi) is 9.91. The highest BCUT2D eigenvalue weighted by atomic mass is 35.5. The summed E-state index contributed by atoms with van der Waals surface area (Å²) in [6.45, 7) is 8.30. The van der Waals surface area contributed by atoms with Crippen molar-refractivity contribution >= 4 is 28.9 Å². The van der Waals surface area contributed by atoms with Gasteiger partial charge in [-0.25, -0.2) is 4.79 Å². The molecular weight excluding hydrogens is 614 g/mol. The Morgan fingerprint density at radius 2 is 1.40 bits per heavy atom. The Balaban J connectivity index is 1.07. The molecule has 4 aliphatic heterocycles. The van der Waals surface area contributed by atoms with Crippen molar-refractivity contribution in [1.82, 2.24) is 4.90 Å². The number of benzene rings is 3. The van der Waals surface area contributed by atoms with Crippen molar-refractivity contribution in [2.45, 2.75) is 50.7 Å². The summed E-state index contributed by atoms with van der Waals surface area (Å²) in [4.78, 5) is 20.5. The molecule has 9 heteroatoms. The Morgan fingerprint density at radius 1 is 0.766 bits per heavy atom. The van der Waals surface area contributed by atoms with Gasteiger partial charge in [0.2, 0.25) is 0 Å². The number of likely N-dealkylation sites (N-methyl/N-ethyl adjacent to an activating group) is 1. The molecule has 0 bridgehead atoms. The van der Waals surface area contributed by atoms with Crippen LogP contribution in [0.4, 0.5) is 11.4 Å². The number of alkyl halides is 1. The molecule has 47 heavy (non-hydrogen) atoms. The number of nitrogens with zero attached hydrogens (tertiary/aromatic N) is 3. The topological polar surface area (TPSA) is 63.7 Å². The van der Waals surface area contributed by atoms with E-state index >= 15 is 0 Å². The number of halogens is 1. The van der Waals surface area contributed by atoms with Gasteiger partial charge < -0.3 is 28.7 Å². The van der Waals surface area contributed by atoms with Gasteiger partial charge >= 0.3 is 5.97 Å². The van der Waals surface area contributed by atoms with Crippen molar-refractivity contribution in [3.63, 3.8) is 0 Å². The molecule has 2 saturated heterocycles. The standard InChI is InChI=1S/C38H46ClN3O5/c1-40(19-21-45-23-22-44-20-5-3-2-4-14-39)27-28-8-11-31-34(24-28)38(47-37(31)43)32-12-9-29(41-15-6-16-41)25-35(32)46-36-26-30(10-13-33(36)38)42-17-7-18-42/h8-13,24-26H,2-7,14-23,27H2,1H3. The Hall–Kier alpha value is -3.30. The molecule has 0 atom stereocenters. The first-order chi connectivity index (χ1) is 23.1. The molecule has 0 saturated carbocycles. The minimum absolute atomic E-state index is 0.303. The van der Waals surface area contributed by atoms with Crippen molar-refractivity contribution in [2.75, 3.05) is 81.9 Å². The van der Waals surface area contributed by atoms with Gasteiger partial charge in [-0.2, -0.15) is 0 Å². The van der Waals surface area contributed by atoms with Gasteiger partial charge in [-0.15, -0.1) is 11.6 Å². The monoisotopic (exact) mass is 659 g/mol. The first-order valence-electron chi connectivity index (χ1n) is 17.3. The first-order valence-corrected chi connectivity index (χ1v) is 17.8. The molecule has 1 spiro atoms. The second-order valence-corrected chi connectivity index (χ2v) is 13.5. The third-order valence-electron chi connectivity index (χ3n) is 9.89. The number of hydrogen-bond donors (Lipinski definition) is 0. The Morgan fingerprint density at radius 3 is 2.02 bits per heavy atom. The number of anilines is 2. The predicted octanol–water partition coefficient (Wildman–Crippen LogP) is 6.94. The third kappa shape index (κ3) is 6.58. The van der Waals surface area contributed by atoms with Crippen molar-refractivity contribution in [2.24, 2.45) is 0 Å². The number of carbonyl (C=O) groups is 1. The van der Waals surface area contributed by atoms with Gasteiger partial charge in [0.25, 0.3) is 0 Å². The van der Waals surface area contributed by atoms with Crippen LogP contribution < -0.4 is 14.5 Å². The molecule has 3 aromatic carbocycles. The normalized spacial score (nSPS) is 17.1. The highest BCUT2D eigenvalue weighted by molar-refractivity contribution is 6.17. The summed E-state index contributed by atoms with van der Waals surface area (Å²) in [5.74, 6) is 1.93. The lowest BCUT2D eigenvalue weighted by Crippen LogP contribution is -2.38. The number of ether oxygens (including phenoxy) is 4. The Bertz CT molecular complexity index is 1510. The molecule has 0 amide bonds. The molecule has 250 valence electrons. The molecule has 7 rings (SSSR count). The van der Waals surface area contributed by atoms with Crippen LogP contribution in [0.25, 0.3) is 0 Å². The van der Waals surface area contributed by atoms with Crippen LogP contribution in [0, 0.1) is 0 Å². The number of fused-ring (bicyclic) bond motifs is 6. The molecule has 0 N–H and O–H groups in total. The van der Waals surface area contributed by atoms with E-state index in [4.69, 9.17) is 30.5 Å². The van der Waals surface area contributed by atoms with Crippen LogP contribution in [0.5, 0.6) is 11.5 Å². The predicted molar refractivity (Wildman–Crippen MR) is 186 cm³/mol. The molecule has 3 aromatic rings. The van der Waals surface area contributed by atoms with E-state index in [9.17, 15) is 4.79 Å². The average molecular weight is 660 g/mol. The lowest BCUT2D eigenvalue weighted by molar-refractivity contribution is 0.0224. The number of rotatable bonds is 16. The molecule has 0 aliphatic carbocycles. The van der Waals surface area contributed by atoms with E-state index in [0.29, 0.717) is 25.4 Å². The molecule has 0 aromatic heterocycles. The fourth-order valence-electron chi connectivity index (χ4n) is 6.97. The van der Waals surface area contributed by atoms with Crippen LogP contribution >= 0.6 is 11.6 Å². The van der Waals surface area contributed by atoms with E-state index in [1.165, 1.54) is 19.3 Å². The van der Waals surface area contributed by atoms with Crippen molar-refractivity contribution in [3.8, 4) is 11.5 Å². The zero-order valence-corrected chi connectivity index (χ0v) is 28.2. The van der Waals surface area contributed by atoms with Gasteiger partial charge in [-0.1, -0.05) is 18.9 Å². The number of hydrogen-bond acceptors (Lipinski definition) is 8. The maximum absolute atomic E-state index is 13.6. The summed E-state index contributed by atoms with van der Waals surface area (Å²) in [6, 6.07) is 18.8. The van der Waals surface area contributed by atoms with Crippen LogP contribution in [0.1, 0.15) is 71.1 Å². The van der Waals surface area contributed by atoms with Gasteiger partial charge in [0.1, 0.15) is 11.5 Å². The summed E-state index contributed by atoms with van der Waals surface area (Å²) >= 11 is 5.73. The summed E-state index contributed by atoms with van der Waals surface area (Å²) in [6.07, 6.45) is 6.87. The zero-order valence-electron chi connectivity index (χ0n) is 27.5. The average Bonchev–Trinajstić information content (AvgIpc) is 3.29. The SMILES string of the molecule is CN(CCOCCOCCCCCCCl)Cc1ccc2c(c1)C1(OC2=O)c2ccc(N3CCC3)cc2Oc2cc(N3CCC3)ccc21. The number of carbonyl (C=O) groups excluding carboxylic acids is 1. The van der Waals surface area contributed by atoms with Crippen LogP contribution in [-0.2, 0) is 26.4 Å². The summed E-state index contributed by atoms with van der Waals surface area (Å²) in [7, 11) is 2.10. The quantitative estimate of drug-likeness (QED) is 0.0932. The largest absolute Gasteiger partial charge is 0.456 e. The maximum atomic E-state index is 13.6. The zero-order chi connectivity index (χ0) is 32.2. The van der Waals surface area contributed by atoms with E-state index in [-0.39, 0.29) is 5.97 Å². The van der Waals surface area contributed by atoms with Crippen molar-refractivity contribution in [1.29, 1.82) is 0 Å². The van der Waals surface area contributed by atoms with Gasteiger partial charge in [0.05, 0.1) is 25.4 Å². The van der Waals surface area contributed by atoms with Gasteiger partial charge in [0, 0.05) is 92.0 Å². The van der Waals surface area contributed by atoms with Crippen molar-refractivity contribution < 1.29 is 23.7 Å². The second kappa shape index (κ2) is 14.4. The van der Waals surface area contributed by atoms with Gasteiger partial charge in [0.15, 0.2) is 5.60 Å². The minimum Gasteiger partial charge on any atom is -0.456 e. The summed E-state index contributed by atoms with van der Waals surface area (Å²) < 4.78 is 24.7. The molecule has 2 fully saturated rings. The lowest BCUT2D eigenvalue weighted by Gasteiger charge is -2.40. The molecule has 0 radical (unpaired) electrons. The van der Waals surface area contributed by atoms with E-state index in [2.05, 4.69) is 64.2 Å². The van der Waals surface area contributed by atoms with E-state index < -0.39 is 5.60 Å². The first kappa shape index (κ1) is 32.3. The number of esters is 1. The van der Waals surface area contributed by atoms with Crippen LogP contribution in [0.2, 0.25) is 0 Å². The van der Waals surface area contributed by atoms with E-state index in [0.717, 1.165) is 116 Å². The van der Waals surface area contributed by atoms with Crippen LogP contribution in [-0.4, -0.2) is 82.9 Å². The Labute approximate surface area is 283 Å². The highest BCUT2D eigenvalue weighted by Crippen LogP contribution is 2.57. The van der Waals surface area contributed by atoms with Gasteiger partial charge in [-0.3, -0.25) is 4.90 Å².